The van der Waals surface area contributed by atoms with Gasteiger partial charge in [0.25, 0.3) is 0 Å². The van der Waals surface area contributed by atoms with E-state index in [1.807, 2.05) is 12.1 Å². The molecule has 1 N–H and O–H groups in total. The van der Waals surface area contributed by atoms with E-state index in [-0.39, 0.29) is 16.9 Å². The van der Waals surface area contributed by atoms with E-state index in [1.165, 1.54) is 12.8 Å². The molecule has 132 valence electrons. The van der Waals surface area contributed by atoms with Gasteiger partial charge in [-0.25, -0.2) is 0 Å². The van der Waals surface area contributed by atoms with Crippen molar-refractivity contribution >= 4 is 21.8 Å². The number of nitrogens with zero attached hydrogens (tertiary/aromatic N) is 1. The molecule has 1 saturated carbocycles. The van der Waals surface area contributed by atoms with Crippen LogP contribution in [0.3, 0.4) is 0 Å². The zero-order valence-electron chi connectivity index (χ0n) is 15.1. The van der Waals surface area contributed by atoms with Crippen LogP contribution in [-0.4, -0.2) is 36.0 Å². The average Bonchev–Trinajstić information content (AvgIpc) is 3.35. The van der Waals surface area contributed by atoms with E-state index in [2.05, 4.69) is 59.1 Å². The molecule has 4 heteroatoms. The van der Waals surface area contributed by atoms with Gasteiger partial charge in [-0.3, -0.25) is 9.69 Å². The average molecular weight is 393 g/mol. The minimum atomic E-state index is -0.286. The van der Waals surface area contributed by atoms with Crippen molar-refractivity contribution in [3.05, 3.63) is 34.3 Å². The fraction of sp³-hybridized carbons (Fsp3) is 0.650. The van der Waals surface area contributed by atoms with E-state index in [0.29, 0.717) is 0 Å². The standard InChI is InChI=1S/C20H29BrN2O/c1-15-5-4-12-23(13-15)19(2,3)14-22-18(24)20(10-11-20)16-6-8-17(21)9-7-16/h6-9,15H,4-5,10-14H2,1-3H3,(H,22,24). The smallest absolute Gasteiger partial charge is 0.230 e. The zero-order valence-corrected chi connectivity index (χ0v) is 16.7. The van der Waals surface area contributed by atoms with Crippen molar-refractivity contribution in [2.45, 2.75) is 57.4 Å². The molecule has 1 aliphatic heterocycles. The summed E-state index contributed by atoms with van der Waals surface area (Å²) in [6.07, 6.45) is 4.51. The molecule has 3 rings (SSSR count). The van der Waals surface area contributed by atoms with E-state index in [9.17, 15) is 4.79 Å². The fourth-order valence-corrected chi connectivity index (χ4v) is 4.12. The highest BCUT2D eigenvalue weighted by atomic mass is 79.9. The van der Waals surface area contributed by atoms with Crippen LogP contribution in [0.15, 0.2) is 28.7 Å². The van der Waals surface area contributed by atoms with Gasteiger partial charge in [-0.05, 0) is 69.7 Å². The first-order chi connectivity index (χ1) is 11.3. The zero-order chi connectivity index (χ0) is 17.4. The van der Waals surface area contributed by atoms with Crippen molar-refractivity contribution in [2.24, 2.45) is 5.92 Å². The monoisotopic (exact) mass is 392 g/mol. The summed E-state index contributed by atoms with van der Waals surface area (Å²) < 4.78 is 1.06. The lowest BCUT2D eigenvalue weighted by atomic mass is 9.92. The lowest BCUT2D eigenvalue weighted by Crippen LogP contribution is -2.55. The molecule has 0 aromatic heterocycles. The number of hydrogen-bond acceptors (Lipinski definition) is 2. The molecule has 1 aromatic carbocycles. The molecule has 2 aliphatic rings. The first-order valence-corrected chi connectivity index (χ1v) is 9.92. The number of likely N-dealkylation sites (tertiary alicyclic amines) is 1. The summed E-state index contributed by atoms with van der Waals surface area (Å²) in [5.74, 6) is 0.953. The molecule has 1 amide bonds. The van der Waals surface area contributed by atoms with Crippen molar-refractivity contribution in [2.75, 3.05) is 19.6 Å². The molecule has 24 heavy (non-hydrogen) atoms. The van der Waals surface area contributed by atoms with Crippen molar-refractivity contribution in [3.63, 3.8) is 0 Å². The third-order valence-electron chi connectivity index (χ3n) is 5.78. The lowest BCUT2D eigenvalue weighted by Gasteiger charge is -2.43. The molecule has 0 radical (unpaired) electrons. The first kappa shape index (κ1) is 17.9. The Balaban J connectivity index is 1.61. The molecule has 1 heterocycles. The highest BCUT2D eigenvalue weighted by Crippen LogP contribution is 2.48. The Morgan fingerprint density at radius 1 is 1.33 bits per heavy atom. The van der Waals surface area contributed by atoms with E-state index in [1.54, 1.807) is 0 Å². The van der Waals surface area contributed by atoms with Crippen LogP contribution in [0.5, 0.6) is 0 Å². The number of hydrogen-bond donors (Lipinski definition) is 1. The highest BCUT2D eigenvalue weighted by molar-refractivity contribution is 9.10. The van der Waals surface area contributed by atoms with E-state index >= 15 is 0 Å². The van der Waals surface area contributed by atoms with E-state index in [4.69, 9.17) is 0 Å². The van der Waals surface area contributed by atoms with Gasteiger partial charge in [-0.15, -0.1) is 0 Å². The Morgan fingerprint density at radius 3 is 2.58 bits per heavy atom. The summed E-state index contributed by atoms with van der Waals surface area (Å²) in [4.78, 5) is 15.4. The summed E-state index contributed by atoms with van der Waals surface area (Å²) in [6.45, 7) is 9.84. The maximum Gasteiger partial charge on any atom is 0.230 e. The van der Waals surface area contributed by atoms with Crippen molar-refractivity contribution < 1.29 is 4.79 Å². The molecule has 1 unspecified atom stereocenters. The summed E-state index contributed by atoms with van der Waals surface area (Å²) in [5.41, 5.74) is 0.874. The Kier molecular flexibility index (Phi) is 5.08. The van der Waals surface area contributed by atoms with Gasteiger partial charge in [0.1, 0.15) is 0 Å². The topological polar surface area (TPSA) is 32.3 Å². The van der Waals surface area contributed by atoms with E-state index in [0.717, 1.165) is 48.4 Å². The Labute approximate surface area is 154 Å². The second-order valence-electron chi connectivity index (χ2n) is 8.28. The van der Waals surface area contributed by atoms with Crippen LogP contribution in [0.25, 0.3) is 0 Å². The van der Waals surface area contributed by atoms with Gasteiger partial charge in [0.2, 0.25) is 5.91 Å². The van der Waals surface area contributed by atoms with Gasteiger partial charge >= 0.3 is 0 Å². The van der Waals surface area contributed by atoms with Crippen LogP contribution in [0.1, 0.15) is 52.0 Å². The van der Waals surface area contributed by atoms with Crippen LogP contribution in [-0.2, 0) is 10.2 Å². The third-order valence-corrected chi connectivity index (χ3v) is 6.30. The largest absolute Gasteiger partial charge is 0.353 e. The molecule has 1 saturated heterocycles. The maximum atomic E-state index is 12.9. The number of carbonyl (C=O) groups excluding carboxylic acids is 1. The second kappa shape index (κ2) is 6.80. The third kappa shape index (κ3) is 3.70. The molecule has 1 aliphatic carbocycles. The molecular weight excluding hydrogens is 364 g/mol. The van der Waals surface area contributed by atoms with Gasteiger partial charge in [0.15, 0.2) is 0 Å². The Bertz CT molecular complexity index is 592. The molecular formula is C20H29BrN2O. The predicted molar refractivity (Wildman–Crippen MR) is 102 cm³/mol. The number of carbonyl (C=O) groups is 1. The number of amides is 1. The van der Waals surface area contributed by atoms with Gasteiger partial charge in [-0.1, -0.05) is 35.0 Å². The minimum Gasteiger partial charge on any atom is -0.353 e. The van der Waals surface area contributed by atoms with Crippen molar-refractivity contribution in [1.29, 1.82) is 0 Å². The number of piperidine rings is 1. The number of benzene rings is 1. The summed E-state index contributed by atoms with van der Waals surface area (Å²) in [5, 5.41) is 3.26. The number of rotatable bonds is 5. The number of halogens is 1. The van der Waals surface area contributed by atoms with Gasteiger partial charge in [0, 0.05) is 23.1 Å². The molecule has 1 atom stereocenters. The van der Waals surface area contributed by atoms with Crippen LogP contribution in [0, 0.1) is 5.92 Å². The normalized spacial score (nSPS) is 23.8. The van der Waals surface area contributed by atoms with Crippen molar-refractivity contribution in [1.82, 2.24) is 10.2 Å². The summed E-state index contributed by atoms with van der Waals surface area (Å²) in [7, 11) is 0. The quantitative estimate of drug-likeness (QED) is 0.817. The van der Waals surface area contributed by atoms with Crippen LogP contribution >= 0.6 is 15.9 Å². The van der Waals surface area contributed by atoms with Crippen LogP contribution < -0.4 is 5.32 Å². The highest BCUT2D eigenvalue weighted by Gasteiger charge is 2.51. The minimum absolute atomic E-state index is 0.0140. The molecule has 1 aromatic rings. The second-order valence-corrected chi connectivity index (χ2v) is 9.19. The molecule has 2 fully saturated rings. The van der Waals surface area contributed by atoms with Gasteiger partial charge < -0.3 is 5.32 Å². The van der Waals surface area contributed by atoms with Crippen LogP contribution in [0.4, 0.5) is 0 Å². The molecule has 3 nitrogen and oxygen atoms in total. The molecule has 0 spiro atoms. The lowest BCUT2D eigenvalue weighted by molar-refractivity contribution is -0.124. The predicted octanol–water partition coefficient (Wildman–Crippen LogP) is 4.11. The molecule has 0 bridgehead atoms. The van der Waals surface area contributed by atoms with Crippen LogP contribution in [0.2, 0.25) is 0 Å². The number of nitrogens with one attached hydrogen (secondary N) is 1. The SMILES string of the molecule is CC1CCCN(C(C)(C)CNC(=O)C2(c3ccc(Br)cc3)CC2)C1. The maximum absolute atomic E-state index is 12.9. The summed E-state index contributed by atoms with van der Waals surface area (Å²) in [6, 6.07) is 8.21. The van der Waals surface area contributed by atoms with Gasteiger partial charge in [-0.2, -0.15) is 0 Å². The van der Waals surface area contributed by atoms with E-state index < -0.39 is 0 Å². The Morgan fingerprint density at radius 2 is 2.00 bits per heavy atom. The first-order valence-electron chi connectivity index (χ1n) is 9.13. The fourth-order valence-electron chi connectivity index (χ4n) is 3.86. The summed E-state index contributed by atoms with van der Waals surface area (Å²) >= 11 is 3.47. The van der Waals surface area contributed by atoms with Gasteiger partial charge in [0.05, 0.1) is 5.41 Å². The Hall–Kier alpha value is -0.870. The van der Waals surface area contributed by atoms with Crippen molar-refractivity contribution in [3.8, 4) is 0 Å².